The Balaban J connectivity index is 4.15. The first-order valence-electron chi connectivity index (χ1n) is 4.65. The summed E-state index contributed by atoms with van der Waals surface area (Å²) in [5.74, 6) is -0.783. The molecule has 0 radical (unpaired) electrons. The van der Waals surface area contributed by atoms with Crippen LogP contribution < -0.4 is 0 Å². The van der Waals surface area contributed by atoms with Crippen molar-refractivity contribution in [3.05, 3.63) is 12.2 Å². The molecule has 0 N–H and O–H groups in total. The van der Waals surface area contributed by atoms with E-state index >= 15 is 0 Å². The molecule has 4 nitrogen and oxygen atoms in total. The molecule has 0 heterocycles. The second kappa shape index (κ2) is 7.12. The lowest BCUT2D eigenvalue weighted by Gasteiger charge is -2.13. The summed E-state index contributed by atoms with van der Waals surface area (Å²) >= 11 is 0. The van der Waals surface area contributed by atoms with Crippen molar-refractivity contribution in [1.29, 1.82) is 0 Å². The minimum absolute atomic E-state index is 0.262. The number of esters is 2. The average molecular weight is 200 g/mol. The molecule has 0 aromatic carbocycles. The molecule has 4 heteroatoms. The fourth-order valence-electron chi connectivity index (χ4n) is 0.686. The molecule has 80 valence electrons. The molecule has 0 amide bonds. The van der Waals surface area contributed by atoms with Gasteiger partial charge in [0, 0.05) is 12.8 Å². The lowest BCUT2D eigenvalue weighted by atomic mass is 10.4. The molecule has 0 aliphatic rings. The van der Waals surface area contributed by atoms with Crippen LogP contribution >= 0.6 is 0 Å². The van der Waals surface area contributed by atoms with E-state index < -0.39 is 18.2 Å². The summed E-state index contributed by atoms with van der Waals surface area (Å²) in [6, 6.07) is 0. The van der Waals surface area contributed by atoms with Gasteiger partial charge in [0.2, 0.25) is 0 Å². The standard InChI is InChI=1S/C10H16O4/c1-4-7-10(13-8(11)5-2)14-9(12)6-3/h4,7,10H,5-6H2,1-3H3. The maximum absolute atomic E-state index is 10.9. The summed E-state index contributed by atoms with van der Waals surface area (Å²) in [5.41, 5.74) is 0. The molecule has 0 bridgehead atoms. The fraction of sp³-hybridized carbons (Fsp3) is 0.600. The first-order chi connectivity index (χ1) is 6.63. The van der Waals surface area contributed by atoms with Crippen molar-refractivity contribution in [2.45, 2.75) is 39.9 Å². The molecule has 0 unspecified atom stereocenters. The number of rotatable bonds is 5. The number of allylic oxidation sites excluding steroid dienone is 1. The fourth-order valence-corrected chi connectivity index (χ4v) is 0.686. The number of carbonyl (C=O) groups excluding carboxylic acids is 2. The van der Waals surface area contributed by atoms with Gasteiger partial charge in [0.25, 0.3) is 6.29 Å². The molecule has 0 aromatic rings. The summed E-state index contributed by atoms with van der Waals surface area (Å²) in [6.07, 6.45) is 2.81. The van der Waals surface area contributed by atoms with Gasteiger partial charge in [0.1, 0.15) is 0 Å². The molecular formula is C10H16O4. The Morgan fingerprint density at radius 2 is 1.57 bits per heavy atom. The molecule has 0 fully saturated rings. The van der Waals surface area contributed by atoms with E-state index in [1.807, 2.05) is 0 Å². The van der Waals surface area contributed by atoms with E-state index in [2.05, 4.69) is 0 Å². The molecule has 0 spiro atoms. The molecule has 0 saturated carbocycles. The maximum Gasteiger partial charge on any atom is 0.308 e. The lowest BCUT2D eigenvalue weighted by Crippen LogP contribution is -2.22. The van der Waals surface area contributed by atoms with Gasteiger partial charge in [-0.2, -0.15) is 0 Å². The third-order valence-electron chi connectivity index (χ3n) is 1.42. The second-order valence-electron chi connectivity index (χ2n) is 2.58. The van der Waals surface area contributed by atoms with E-state index in [9.17, 15) is 9.59 Å². The van der Waals surface area contributed by atoms with E-state index in [4.69, 9.17) is 9.47 Å². The summed E-state index contributed by atoms with van der Waals surface area (Å²) in [5, 5.41) is 0. The van der Waals surface area contributed by atoms with Crippen LogP contribution in [0, 0.1) is 0 Å². The predicted octanol–water partition coefficient (Wildman–Crippen LogP) is 1.79. The highest BCUT2D eigenvalue weighted by atomic mass is 16.7. The molecule has 0 atom stereocenters. The highest BCUT2D eigenvalue weighted by Gasteiger charge is 2.13. The van der Waals surface area contributed by atoms with Crippen molar-refractivity contribution in [2.24, 2.45) is 0 Å². The van der Waals surface area contributed by atoms with Crippen LogP contribution in [0.15, 0.2) is 12.2 Å². The molecule has 14 heavy (non-hydrogen) atoms. The number of ether oxygens (including phenoxy) is 2. The molecular weight excluding hydrogens is 184 g/mol. The third-order valence-corrected chi connectivity index (χ3v) is 1.42. The highest BCUT2D eigenvalue weighted by molar-refractivity contribution is 5.71. The normalized spacial score (nSPS) is 10.6. The van der Waals surface area contributed by atoms with Crippen molar-refractivity contribution in [3.63, 3.8) is 0 Å². The molecule has 0 aliphatic carbocycles. The van der Waals surface area contributed by atoms with Crippen molar-refractivity contribution in [1.82, 2.24) is 0 Å². The first-order valence-corrected chi connectivity index (χ1v) is 4.65. The van der Waals surface area contributed by atoms with Crippen LogP contribution in [0.4, 0.5) is 0 Å². The van der Waals surface area contributed by atoms with E-state index in [-0.39, 0.29) is 12.8 Å². The monoisotopic (exact) mass is 200 g/mol. The van der Waals surface area contributed by atoms with Crippen molar-refractivity contribution >= 4 is 11.9 Å². The smallest absolute Gasteiger partial charge is 0.308 e. The van der Waals surface area contributed by atoms with Gasteiger partial charge in [-0.15, -0.1) is 0 Å². The van der Waals surface area contributed by atoms with Crippen LogP contribution in [-0.4, -0.2) is 18.2 Å². The Morgan fingerprint density at radius 1 is 1.14 bits per heavy atom. The molecule has 0 rings (SSSR count). The zero-order chi connectivity index (χ0) is 11.0. The number of hydrogen-bond donors (Lipinski definition) is 0. The Kier molecular flexibility index (Phi) is 6.45. The first kappa shape index (κ1) is 12.7. The molecule has 0 aliphatic heterocycles. The number of hydrogen-bond acceptors (Lipinski definition) is 4. The van der Waals surface area contributed by atoms with Crippen LogP contribution in [0.1, 0.15) is 33.6 Å². The van der Waals surface area contributed by atoms with E-state index in [0.29, 0.717) is 0 Å². The summed E-state index contributed by atoms with van der Waals surface area (Å²) in [6.45, 7) is 5.11. The van der Waals surface area contributed by atoms with Crippen molar-refractivity contribution in [2.75, 3.05) is 0 Å². The zero-order valence-corrected chi connectivity index (χ0v) is 8.78. The van der Waals surface area contributed by atoms with Crippen LogP contribution in [0.3, 0.4) is 0 Å². The topological polar surface area (TPSA) is 52.6 Å². The van der Waals surface area contributed by atoms with Gasteiger partial charge in [0.05, 0.1) is 0 Å². The maximum atomic E-state index is 10.9. The summed E-state index contributed by atoms with van der Waals surface area (Å²) in [4.78, 5) is 21.8. The Labute approximate surface area is 83.9 Å². The van der Waals surface area contributed by atoms with Gasteiger partial charge in [-0.1, -0.05) is 19.9 Å². The van der Waals surface area contributed by atoms with Gasteiger partial charge in [0.15, 0.2) is 0 Å². The van der Waals surface area contributed by atoms with Crippen LogP contribution in [-0.2, 0) is 19.1 Å². The van der Waals surface area contributed by atoms with Gasteiger partial charge >= 0.3 is 11.9 Å². The zero-order valence-electron chi connectivity index (χ0n) is 8.78. The van der Waals surface area contributed by atoms with Crippen LogP contribution in [0.5, 0.6) is 0 Å². The Bertz CT molecular complexity index is 202. The van der Waals surface area contributed by atoms with Crippen molar-refractivity contribution in [3.8, 4) is 0 Å². The minimum atomic E-state index is -0.889. The van der Waals surface area contributed by atoms with Crippen LogP contribution in [0.25, 0.3) is 0 Å². The van der Waals surface area contributed by atoms with Gasteiger partial charge in [-0.25, -0.2) is 0 Å². The summed E-state index contributed by atoms with van der Waals surface area (Å²) in [7, 11) is 0. The predicted molar refractivity (Wildman–Crippen MR) is 51.4 cm³/mol. The molecule has 0 aromatic heterocycles. The van der Waals surface area contributed by atoms with Gasteiger partial charge in [-0.05, 0) is 13.0 Å². The SMILES string of the molecule is CC=CC(OC(=O)CC)OC(=O)CC. The summed E-state index contributed by atoms with van der Waals surface area (Å²) < 4.78 is 9.69. The highest BCUT2D eigenvalue weighted by Crippen LogP contribution is 2.01. The largest absolute Gasteiger partial charge is 0.421 e. The molecule has 0 saturated heterocycles. The average Bonchev–Trinajstić information content (AvgIpc) is 2.17. The lowest BCUT2D eigenvalue weighted by molar-refractivity contribution is -0.178. The Hall–Kier alpha value is -1.32. The van der Waals surface area contributed by atoms with Gasteiger partial charge < -0.3 is 9.47 Å². The van der Waals surface area contributed by atoms with E-state index in [1.54, 1.807) is 26.8 Å². The van der Waals surface area contributed by atoms with Gasteiger partial charge in [-0.3, -0.25) is 9.59 Å². The third kappa shape index (κ3) is 5.35. The van der Waals surface area contributed by atoms with Crippen LogP contribution in [0.2, 0.25) is 0 Å². The van der Waals surface area contributed by atoms with E-state index in [1.165, 1.54) is 6.08 Å². The minimum Gasteiger partial charge on any atom is -0.421 e. The number of carbonyl (C=O) groups is 2. The second-order valence-corrected chi connectivity index (χ2v) is 2.58. The Morgan fingerprint density at radius 3 is 1.86 bits per heavy atom. The van der Waals surface area contributed by atoms with Crippen molar-refractivity contribution < 1.29 is 19.1 Å². The van der Waals surface area contributed by atoms with E-state index in [0.717, 1.165) is 0 Å². The quantitative estimate of drug-likeness (QED) is 0.385.